The first-order chi connectivity index (χ1) is 13.7. The monoisotopic (exact) mass is 402 g/mol. The smallest absolute Gasteiger partial charge is 0.416 e. The molecule has 0 aliphatic carbocycles. The summed E-state index contributed by atoms with van der Waals surface area (Å²) < 4.78 is 45.5. The molecule has 0 spiro atoms. The molecule has 0 amide bonds. The zero-order valence-electron chi connectivity index (χ0n) is 14.9. The largest absolute Gasteiger partial charge is 0.465 e. The molecule has 0 aliphatic rings. The topological polar surface area (TPSA) is 103 Å². The average molecular weight is 402 g/mol. The van der Waals surface area contributed by atoms with Gasteiger partial charge in [0.1, 0.15) is 5.56 Å². The van der Waals surface area contributed by atoms with Gasteiger partial charge in [-0.15, -0.1) is 0 Å². The Kier molecular flexibility index (Phi) is 4.07. The van der Waals surface area contributed by atoms with Gasteiger partial charge in [-0.1, -0.05) is 6.07 Å². The van der Waals surface area contributed by atoms with Gasteiger partial charge in [0.05, 0.1) is 41.3 Å². The van der Waals surface area contributed by atoms with E-state index in [0.29, 0.717) is 10.9 Å². The summed E-state index contributed by atoms with van der Waals surface area (Å²) in [5, 5.41) is 7.38. The van der Waals surface area contributed by atoms with Gasteiger partial charge in [-0.25, -0.2) is 4.79 Å². The normalized spacial score (nSPS) is 11.9. The number of anilines is 1. The third-order valence-corrected chi connectivity index (χ3v) is 4.61. The third kappa shape index (κ3) is 2.89. The summed E-state index contributed by atoms with van der Waals surface area (Å²) in [5.41, 5.74) is 4.27. The molecule has 0 radical (unpaired) electrons. The Bertz CT molecular complexity index is 1340. The molecular weight excluding hydrogens is 389 g/mol. The number of benzene rings is 2. The number of fused-ring (bicyclic) bond motifs is 2. The molecule has 0 saturated carbocycles. The molecule has 3 N–H and O–H groups in total. The molecule has 10 heteroatoms. The predicted molar refractivity (Wildman–Crippen MR) is 100.0 cm³/mol. The van der Waals surface area contributed by atoms with Crippen molar-refractivity contribution >= 4 is 33.5 Å². The lowest BCUT2D eigenvalue weighted by atomic mass is 10.0. The lowest BCUT2D eigenvalue weighted by Gasteiger charge is -2.17. The minimum Gasteiger partial charge on any atom is -0.465 e. The molecule has 0 fully saturated rings. The molecule has 2 heterocycles. The number of aromatic nitrogens is 3. The van der Waals surface area contributed by atoms with Gasteiger partial charge in [-0.3, -0.25) is 14.5 Å². The quantitative estimate of drug-likeness (QED) is 0.501. The van der Waals surface area contributed by atoms with E-state index in [0.717, 1.165) is 29.9 Å². The Hall–Kier alpha value is -3.82. The lowest BCUT2D eigenvalue weighted by Crippen LogP contribution is -2.28. The van der Waals surface area contributed by atoms with E-state index >= 15 is 0 Å². The van der Waals surface area contributed by atoms with Crippen molar-refractivity contribution in [3.63, 3.8) is 0 Å². The van der Waals surface area contributed by atoms with E-state index in [2.05, 4.69) is 14.9 Å². The summed E-state index contributed by atoms with van der Waals surface area (Å²) >= 11 is 0. The number of nitrogens with two attached hydrogens (primary N) is 1. The van der Waals surface area contributed by atoms with Crippen LogP contribution in [0.25, 0.3) is 27.5 Å². The van der Waals surface area contributed by atoms with Crippen molar-refractivity contribution in [2.75, 3.05) is 12.8 Å². The lowest BCUT2D eigenvalue weighted by molar-refractivity contribution is -0.137. The van der Waals surface area contributed by atoms with Gasteiger partial charge < -0.3 is 10.5 Å². The maximum Gasteiger partial charge on any atom is 0.416 e. The number of nitrogen functional groups attached to an aromatic ring is 1. The number of nitrogens with zero attached hydrogens (tertiary/aromatic N) is 2. The Morgan fingerprint density at radius 1 is 1.21 bits per heavy atom. The summed E-state index contributed by atoms with van der Waals surface area (Å²) in [6.45, 7) is 0. The standard InChI is InChI=1S/C19H13F3N4O3/c1-29-18(28)15-16(23)12-4-2-10(19(20,21)22)7-14(12)26(17(15)27)11-3-5-13-9(6-11)8-24-25-13/h2-8H,23H2,1H3,(H,24,25). The number of halogens is 3. The Labute approximate surface area is 160 Å². The molecule has 2 aromatic heterocycles. The molecule has 0 bridgehead atoms. The highest BCUT2D eigenvalue weighted by atomic mass is 19.4. The van der Waals surface area contributed by atoms with Crippen LogP contribution < -0.4 is 11.3 Å². The van der Waals surface area contributed by atoms with Gasteiger partial charge in [0.2, 0.25) is 0 Å². The van der Waals surface area contributed by atoms with Crippen LogP contribution in [0, 0.1) is 0 Å². The molecule has 2 aromatic carbocycles. The van der Waals surface area contributed by atoms with Crippen LogP contribution >= 0.6 is 0 Å². The number of carbonyl (C=O) groups is 1. The van der Waals surface area contributed by atoms with E-state index in [4.69, 9.17) is 5.73 Å². The van der Waals surface area contributed by atoms with Crippen molar-refractivity contribution in [1.82, 2.24) is 14.8 Å². The molecule has 148 valence electrons. The van der Waals surface area contributed by atoms with Crippen molar-refractivity contribution in [3.8, 4) is 5.69 Å². The van der Waals surface area contributed by atoms with Crippen molar-refractivity contribution in [2.24, 2.45) is 0 Å². The van der Waals surface area contributed by atoms with E-state index in [9.17, 15) is 22.8 Å². The molecular formula is C19H13F3N4O3. The summed E-state index contributed by atoms with van der Waals surface area (Å²) in [6, 6.07) is 7.52. The number of methoxy groups -OCH3 is 1. The number of nitrogens with one attached hydrogen (secondary N) is 1. The first kappa shape index (κ1) is 18.5. The first-order valence-electron chi connectivity index (χ1n) is 8.29. The molecule has 0 aliphatic heterocycles. The zero-order valence-corrected chi connectivity index (χ0v) is 14.9. The van der Waals surface area contributed by atoms with Gasteiger partial charge >= 0.3 is 12.1 Å². The van der Waals surface area contributed by atoms with Crippen molar-refractivity contribution in [2.45, 2.75) is 6.18 Å². The molecule has 0 unspecified atom stereocenters. The van der Waals surface area contributed by atoms with E-state index in [1.807, 2.05) is 0 Å². The van der Waals surface area contributed by atoms with Crippen LogP contribution in [-0.2, 0) is 10.9 Å². The first-order valence-corrected chi connectivity index (χ1v) is 8.29. The predicted octanol–water partition coefficient (Wildman–Crippen LogP) is 3.25. The Balaban J connectivity index is 2.16. The fraction of sp³-hybridized carbons (Fsp3) is 0.105. The van der Waals surface area contributed by atoms with Gasteiger partial charge in [0, 0.05) is 10.8 Å². The molecule has 4 aromatic rings. The highest BCUT2D eigenvalue weighted by Gasteiger charge is 2.32. The van der Waals surface area contributed by atoms with Crippen LogP contribution in [0.3, 0.4) is 0 Å². The molecule has 4 rings (SSSR count). The number of ether oxygens (including phenoxy) is 1. The van der Waals surface area contributed by atoms with Crippen LogP contribution in [-0.4, -0.2) is 27.8 Å². The van der Waals surface area contributed by atoms with Crippen molar-refractivity contribution in [1.29, 1.82) is 0 Å². The highest BCUT2D eigenvalue weighted by Crippen LogP contribution is 2.34. The van der Waals surface area contributed by atoms with Crippen molar-refractivity contribution in [3.05, 3.63) is 64.1 Å². The number of rotatable bonds is 2. The van der Waals surface area contributed by atoms with E-state index < -0.39 is 28.8 Å². The Morgan fingerprint density at radius 2 is 1.97 bits per heavy atom. The fourth-order valence-corrected chi connectivity index (χ4v) is 3.22. The van der Waals surface area contributed by atoms with Crippen molar-refractivity contribution < 1.29 is 22.7 Å². The van der Waals surface area contributed by atoms with Gasteiger partial charge in [-0.05, 0) is 30.3 Å². The number of hydrogen-bond donors (Lipinski definition) is 2. The number of pyridine rings is 1. The summed E-state index contributed by atoms with van der Waals surface area (Å²) in [7, 11) is 1.08. The van der Waals surface area contributed by atoms with E-state index in [1.165, 1.54) is 12.3 Å². The number of aromatic amines is 1. The van der Waals surface area contributed by atoms with Crippen LogP contribution in [0.1, 0.15) is 15.9 Å². The van der Waals surface area contributed by atoms with Gasteiger partial charge in [-0.2, -0.15) is 18.3 Å². The van der Waals surface area contributed by atoms with Crippen LogP contribution in [0.4, 0.5) is 18.9 Å². The van der Waals surface area contributed by atoms with Gasteiger partial charge in [0.25, 0.3) is 5.56 Å². The number of alkyl halides is 3. The maximum absolute atomic E-state index is 13.3. The molecule has 0 atom stereocenters. The number of hydrogen-bond acceptors (Lipinski definition) is 5. The van der Waals surface area contributed by atoms with Crippen LogP contribution in [0.2, 0.25) is 0 Å². The second-order valence-electron chi connectivity index (χ2n) is 6.29. The SMILES string of the molecule is COC(=O)c1c(N)c2ccc(C(F)(F)F)cc2n(-c2ccc3[nH]ncc3c2)c1=O. The Morgan fingerprint density at radius 3 is 2.66 bits per heavy atom. The number of H-pyrrole nitrogens is 1. The number of carbonyl (C=O) groups excluding carboxylic acids is 1. The minimum absolute atomic E-state index is 0.0853. The summed E-state index contributed by atoms with van der Waals surface area (Å²) in [6.07, 6.45) is -3.12. The summed E-state index contributed by atoms with van der Waals surface area (Å²) in [4.78, 5) is 25.3. The van der Waals surface area contributed by atoms with Crippen LogP contribution in [0.5, 0.6) is 0 Å². The number of esters is 1. The highest BCUT2D eigenvalue weighted by molar-refractivity contribution is 6.04. The maximum atomic E-state index is 13.3. The van der Waals surface area contributed by atoms with Gasteiger partial charge in [0.15, 0.2) is 0 Å². The fourth-order valence-electron chi connectivity index (χ4n) is 3.22. The molecule has 29 heavy (non-hydrogen) atoms. The average Bonchev–Trinajstić information content (AvgIpc) is 3.14. The molecule has 0 saturated heterocycles. The minimum atomic E-state index is -4.63. The second-order valence-corrected chi connectivity index (χ2v) is 6.29. The zero-order chi connectivity index (χ0) is 20.9. The third-order valence-electron chi connectivity index (χ3n) is 4.61. The molecule has 7 nitrogen and oxygen atoms in total. The van der Waals surface area contributed by atoms with E-state index in [1.54, 1.807) is 12.1 Å². The van der Waals surface area contributed by atoms with Crippen LogP contribution in [0.15, 0.2) is 47.4 Å². The van der Waals surface area contributed by atoms with E-state index in [-0.39, 0.29) is 22.3 Å². The summed E-state index contributed by atoms with van der Waals surface area (Å²) in [5.74, 6) is -0.979. The second kappa shape index (κ2) is 6.36.